The van der Waals surface area contributed by atoms with Crippen LogP contribution in [0.25, 0.3) is 11.0 Å². The van der Waals surface area contributed by atoms with Crippen molar-refractivity contribution in [2.75, 3.05) is 13.1 Å². The standard InChI is InChI=1S/C23H22N2O6/c1-12-16(23(30)31-19-7-15(26)6-18(27)22(12)19)8-21(29)24-9-13-5-14(11-24)17-3-2-4-20(28)25(17)10-13/h2-4,6-7,13-14,26-27H,5,8-11H2,1H3/t13-,14+/m1/s1. The van der Waals surface area contributed by atoms with Crippen molar-refractivity contribution in [1.29, 1.82) is 0 Å². The van der Waals surface area contributed by atoms with Crippen LogP contribution in [0.15, 0.2) is 44.3 Å². The molecule has 2 N–H and O–H groups in total. The van der Waals surface area contributed by atoms with Crippen molar-refractivity contribution >= 4 is 16.9 Å². The molecule has 3 aromatic rings. The van der Waals surface area contributed by atoms with E-state index >= 15 is 0 Å². The first-order valence-electron chi connectivity index (χ1n) is 10.3. The number of carbonyl (C=O) groups is 1. The number of phenols is 2. The first kappa shape index (κ1) is 19.4. The van der Waals surface area contributed by atoms with Gasteiger partial charge < -0.3 is 24.1 Å². The van der Waals surface area contributed by atoms with E-state index in [2.05, 4.69) is 0 Å². The number of rotatable bonds is 2. The Morgan fingerprint density at radius 3 is 2.77 bits per heavy atom. The van der Waals surface area contributed by atoms with Gasteiger partial charge in [0.05, 0.1) is 17.4 Å². The summed E-state index contributed by atoms with van der Waals surface area (Å²) in [6, 6.07) is 7.69. The van der Waals surface area contributed by atoms with Crippen LogP contribution in [0.5, 0.6) is 11.5 Å². The van der Waals surface area contributed by atoms with E-state index in [1.807, 2.05) is 6.07 Å². The average molecular weight is 422 g/mol. The van der Waals surface area contributed by atoms with Gasteiger partial charge in [0, 0.05) is 49.4 Å². The van der Waals surface area contributed by atoms with Gasteiger partial charge in [0.1, 0.15) is 17.1 Å². The Bertz CT molecular complexity index is 1340. The lowest BCUT2D eigenvalue weighted by molar-refractivity contribution is -0.133. The second kappa shape index (κ2) is 7.01. The molecule has 31 heavy (non-hydrogen) atoms. The Balaban J connectivity index is 1.45. The SMILES string of the molecule is Cc1c(CC(=O)N2C[C@H]3C[C@@H](C2)c2cccc(=O)n2C3)c(=O)oc2cc(O)cc(O)c12. The number of phenolic OH excluding ortho intramolecular Hbond substituents is 2. The fraction of sp³-hybridized carbons (Fsp3) is 0.348. The molecule has 2 aromatic heterocycles. The van der Waals surface area contributed by atoms with Crippen molar-refractivity contribution in [2.45, 2.75) is 32.2 Å². The fourth-order valence-corrected chi connectivity index (χ4v) is 5.08. The molecule has 0 spiro atoms. The van der Waals surface area contributed by atoms with E-state index in [9.17, 15) is 24.6 Å². The quantitative estimate of drug-likeness (QED) is 0.610. The van der Waals surface area contributed by atoms with Gasteiger partial charge in [0.2, 0.25) is 5.91 Å². The second-order valence-corrected chi connectivity index (χ2v) is 8.50. The number of pyridine rings is 1. The lowest BCUT2D eigenvalue weighted by Crippen LogP contribution is -2.49. The van der Waals surface area contributed by atoms with E-state index in [1.54, 1.807) is 28.5 Å². The van der Waals surface area contributed by atoms with Crippen molar-refractivity contribution in [3.8, 4) is 11.5 Å². The molecule has 5 rings (SSSR count). The molecule has 2 bridgehead atoms. The van der Waals surface area contributed by atoms with E-state index in [4.69, 9.17) is 4.42 Å². The summed E-state index contributed by atoms with van der Waals surface area (Å²) in [5.41, 5.74) is 1.02. The van der Waals surface area contributed by atoms with Crippen LogP contribution in [-0.2, 0) is 17.8 Å². The van der Waals surface area contributed by atoms with Crippen molar-refractivity contribution < 1.29 is 19.4 Å². The third-order valence-electron chi connectivity index (χ3n) is 6.50. The lowest BCUT2D eigenvalue weighted by Gasteiger charge is -2.42. The van der Waals surface area contributed by atoms with Gasteiger partial charge in [-0.05, 0) is 30.9 Å². The topological polar surface area (TPSA) is 113 Å². The zero-order valence-electron chi connectivity index (χ0n) is 17.0. The molecule has 1 aromatic carbocycles. The highest BCUT2D eigenvalue weighted by molar-refractivity contribution is 5.90. The zero-order chi connectivity index (χ0) is 21.9. The van der Waals surface area contributed by atoms with Crippen LogP contribution < -0.4 is 11.2 Å². The summed E-state index contributed by atoms with van der Waals surface area (Å²) in [5, 5.41) is 20.2. The van der Waals surface area contributed by atoms with Crippen LogP contribution in [0.1, 0.15) is 29.2 Å². The molecule has 0 aliphatic carbocycles. The number of hydrogen-bond donors (Lipinski definition) is 2. The van der Waals surface area contributed by atoms with Crippen molar-refractivity contribution in [3.63, 3.8) is 0 Å². The van der Waals surface area contributed by atoms with E-state index in [0.717, 1.165) is 12.1 Å². The van der Waals surface area contributed by atoms with E-state index in [1.165, 1.54) is 12.1 Å². The molecular weight excluding hydrogens is 400 g/mol. The van der Waals surface area contributed by atoms with Crippen molar-refractivity contribution in [1.82, 2.24) is 9.47 Å². The number of carbonyl (C=O) groups excluding carboxylic acids is 1. The van der Waals surface area contributed by atoms with Gasteiger partial charge in [0.15, 0.2) is 0 Å². The molecule has 2 atom stereocenters. The first-order chi connectivity index (χ1) is 14.8. The van der Waals surface area contributed by atoms with Crippen LogP contribution in [0.3, 0.4) is 0 Å². The molecule has 0 saturated carbocycles. The molecule has 2 aliphatic heterocycles. The highest BCUT2D eigenvalue weighted by Gasteiger charge is 2.36. The molecule has 0 unspecified atom stereocenters. The van der Waals surface area contributed by atoms with Crippen LogP contribution in [0, 0.1) is 12.8 Å². The lowest BCUT2D eigenvalue weighted by atomic mass is 9.83. The second-order valence-electron chi connectivity index (χ2n) is 8.50. The van der Waals surface area contributed by atoms with E-state index in [-0.39, 0.29) is 52.4 Å². The Morgan fingerprint density at radius 2 is 1.97 bits per heavy atom. The fourth-order valence-electron chi connectivity index (χ4n) is 5.08. The number of benzene rings is 1. The molecule has 0 radical (unpaired) electrons. The molecule has 4 heterocycles. The highest BCUT2D eigenvalue weighted by Crippen LogP contribution is 2.36. The number of aryl methyl sites for hydroxylation is 1. The van der Waals surface area contributed by atoms with Crippen LogP contribution >= 0.6 is 0 Å². The zero-order valence-corrected chi connectivity index (χ0v) is 17.0. The minimum atomic E-state index is -0.655. The summed E-state index contributed by atoms with van der Waals surface area (Å²) in [5.74, 6) is -0.326. The van der Waals surface area contributed by atoms with Gasteiger partial charge in [-0.25, -0.2) is 4.79 Å². The monoisotopic (exact) mass is 422 g/mol. The number of aromatic nitrogens is 1. The number of fused-ring (bicyclic) bond motifs is 5. The third kappa shape index (κ3) is 3.19. The number of amides is 1. The minimum absolute atomic E-state index is 0.0118. The van der Waals surface area contributed by atoms with E-state index < -0.39 is 5.63 Å². The van der Waals surface area contributed by atoms with Crippen LogP contribution in [-0.4, -0.2) is 38.7 Å². The molecule has 1 fully saturated rings. The number of aromatic hydroxyl groups is 2. The molecule has 160 valence electrons. The van der Waals surface area contributed by atoms with Gasteiger partial charge in [-0.15, -0.1) is 0 Å². The Labute approximate surface area is 177 Å². The number of nitrogens with zero attached hydrogens (tertiary/aromatic N) is 2. The summed E-state index contributed by atoms with van der Waals surface area (Å²) in [6.45, 7) is 3.28. The summed E-state index contributed by atoms with van der Waals surface area (Å²) in [7, 11) is 0. The largest absolute Gasteiger partial charge is 0.508 e. The van der Waals surface area contributed by atoms with Gasteiger partial charge in [-0.2, -0.15) is 0 Å². The van der Waals surface area contributed by atoms with Crippen LogP contribution in [0.2, 0.25) is 0 Å². The minimum Gasteiger partial charge on any atom is -0.508 e. The Morgan fingerprint density at radius 1 is 1.16 bits per heavy atom. The average Bonchev–Trinajstić information content (AvgIpc) is 2.71. The predicted octanol–water partition coefficient (Wildman–Crippen LogP) is 1.86. The smallest absolute Gasteiger partial charge is 0.340 e. The maximum atomic E-state index is 13.1. The van der Waals surface area contributed by atoms with E-state index in [0.29, 0.717) is 30.6 Å². The van der Waals surface area contributed by atoms with Crippen molar-refractivity contribution in [2.24, 2.45) is 5.92 Å². The number of hydrogen-bond acceptors (Lipinski definition) is 6. The van der Waals surface area contributed by atoms with Gasteiger partial charge in [-0.1, -0.05) is 6.07 Å². The predicted molar refractivity (Wildman–Crippen MR) is 112 cm³/mol. The summed E-state index contributed by atoms with van der Waals surface area (Å²) >= 11 is 0. The van der Waals surface area contributed by atoms with Gasteiger partial charge in [-0.3, -0.25) is 9.59 Å². The molecule has 1 amide bonds. The number of piperidine rings is 1. The molecule has 8 nitrogen and oxygen atoms in total. The van der Waals surface area contributed by atoms with Gasteiger partial charge >= 0.3 is 5.63 Å². The van der Waals surface area contributed by atoms with Gasteiger partial charge in [0.25, 0.3) is 5.56 Å². The van der Waals surface area contributed by atoms with Crippen molar-refractivity contribution in [3.05, 3.63) is 67.9 Å². The Hall–Kier alpha value is -3.55. The maximum Gasteiger partial charge on any atom is 0.340 e. The third-order valence-corrected chi connectivity index (χ3v) is 6.50. The Kier molecular flexibility index (Phi) is 4.39. The summed E-state index contributed by atoms with van der Waals surface area (Å²) in [6.07, 6.45) is 0.799. The maximum absolute atomic E-state index is 13.1. The summed E-state index contributed by atoms with van der Waals surface area (Å²) < 4.78 is 7.08. The molecule has 2 aliphatic rings. The summed E-state index contributed by atoms with van der Waals surface area (Å²) in [4.78, 5) is 39.6. The normalized spacial score (nSPS) is 20.0. The molecule has 1 saturated heterocycles. The molecule has 8 heteroatoms. The van der Waals surface area contributed by atoms with Crippen LogP contribution in [0.4, 0.5) is 0 Å². The highest BCUT2D eigenvalue weighted by atomic mass is 16.4. The first-order valence-corrected chi connectivity index (χ1v) is 10.3. The molecular formula is C23H22N2O6. The number of likely N-dealkylation sites (tertiary alicyclic amines) is 1.